The molecule has 0 aliphatic carbocycles. The van der Waals surface area contributed by atoms with Crippen molar-refractivity contribution in [2.75, 3.05) is 13.1 Å². The van der Waals surface area contributed by atoms with Crippen LogP contribution in [-0.2, 0) is 10.0 Å². The Hall–Kier alpha value is -0.940. The van der Waals surface area contributed by atoms with Crippen LogP contribution in [0.5, 0.6) is 0 Å². The summed E-state index contributed by atoms with van der Waals surface area (Å²) in [6.45, 7) is 6.55. The first-order valence-corrected chi connectivity index (χ1v) is 8.57. The smallest absolute Gasteiger partial charge is 0.207 e. The summed E-state index contributed by atoms with van der Waals surface area (Å²) in [6.07, 6.45) is 2.98. The van der Waals surface area contributed by atoms with E-state index in [0.717, 1.165) is 19.3 Å². The van der Waals surface area contributed by atoms with Gasteiger partial charge in [0.25, 0.3) is 0 Å². The van der Waals surface area contributed by atoms with Crippen molar-refractivity contribution >= 4 is 10.0 Å². The molecule has 1 atom stereocenters. The van der Waals surface area contributed by atoms with E-state index in [2.05, 4.69) is 6.92 Å². The standard InChI is InChI=1S/C15H22FNO2S/c1-4-13-6-5-7-17(10-13)20(18,19)15-11(2)8-14(16)9-12(15)3/h8-9,13H,4-7,10H2,1-3H3. The zero-order valence-corrected chi connectivity index (χ0v) is 13.1. The van der Waals surface area contributed by atoms with Crippen LogP contribution in [0.4, 0.5) is 4.39 Å². The van der Waals surface area contributed by atoms with E-state index in [4.69, 9.17) is 0 Å². The first kappa shape index (κ1) is 15.4. The van der Waals surface area contributed by atoms with Gasteiger partial charge in [-0.1, -0.05) is 13.3 Å². The van der Waals surface area contributed by atoms with E-state index < -0.39 is 10.0 Å². The summed E-state index contributed by atoms with van der Waals surface area (Å²) in [4.78, 5) is 0.274. The number of nitrogens with zero attached hydrogens (tertiary/aromatic N) is 1. The number of piperidine rings is 1. The Morgan fingerprint density at radius 1 is 1.30 bits per heavy atom. The summed E-state index contributed by atoms with van der Waals surface area (Å²) in [5.41, 5.74) is 0.974. The minimum absolute atomic E-state index is 0.274. The predicted molar refractivity (Wildman–Crippen MR) is 77.6 cm³/mol. The van der Waals surface area contributed by atoms with Gasteiger partial charge in [-0.3, -0.25) is 0 Å². The van der Waals surface area contributed by atoms with Gasteiger partial charge < -0.3 is 0 Å². The Kier molecular flexibility index (Phi) is 4.49. The van der Waals surface area contributed by atoms with Gasteiger partial charge in [0.1, 0.15) is 5.82 Å². The lowest BCUT2D eigenvalue weighted by Crippen LogP contribution is -2.40. The summed E-state index contributed by atoms with van der Waals surface area (Å²) in [6, 6.07) is 2.59. The van der Waals surface area contributed by atoms with Crippen molar-refractivity contribution in [3.8, 4) is 0 Å². The van der Waals surface area contributed by atoms with Crippen LogP contribution in [0.1, 0.15) is 37.3 Å². The van der Waals surface area contributed by atoms with E-state index in [9.17, 15) is 12.8 Å². The maximum absolute atomic E-state index is 13.3. The number of halogens is 1. The van der Waals surface area contributed by atoms with Crippen LogP contribution in [0.2, 0.25) is 0 Å². The van der Waals surface area contributed by atoms with Crippen molar-refractivity contribution < 1.29 is 12.8 Å². The fraction of sp³-hybridized carbons (Fsp3) is 0.600. The zero-order valence-electron chi connectivity index (χ0n) is 12.3. The summed E-state index contributed by atoms with van der Waals surface area (Å²) in [5, 5.41) is 0. The Balaban J connectivity index is 2.40. The van der Waals surface area contributed by atoms with Gasteiger partial charge in [0, 0.05) is 13.1 Å². The highest BCUT2D eigenvalue weighted by atomic mass is 32.2. The Morgan fingerprint density at radius 2 is 1.90 bits per heavy atom. The van der Waals surface area contributed by atoms with Crippen molar-refractivity contribution in [1.29, 1.82) is 0 Å². The summed E-state index contributed by atoms with van der Waals surface area (Å²) in [5.74, 6) is 0.0450. The molecule has 20 heavy (non-hydrogen) atoms. The topological polar surface area (TPSA) is 37.4 Å². The first-order valence-electron chi connectivity index (χ1n) is 7.13. The fourth-order valence-corrected chi connectivity index (χ4v) is 4.98. The van der Waals surface area contributed by atoms with Crippen LogP contribution in [-0.4, -0.2) is 25.8 Å². The Morgan fingerprint density at radius 3 is 2.45 bits per heavy atom. The van der Waals surface area contributed by atoms with Crippen LogP contribution in [0.15, 0.2) is 17.0 Å². The predicted octanol–water partition coefficient (Wildman–Crippen LogP) is 3.25. The molecule has 1 unspecified atom stereocenters. The van der Waals surface area contributed by atoms with Crippen molar-refractivity contribution in [2.45, 2.75) is 44.9 Å². The summed E-state index contributed by atoms with van der Waals surface area (Å²) in [7, 11) is -3.52. The zero-order chi connectivity index (χ0) is 14.9. The van der Waals surface area contributed by atoms with Gasteiger partial charge in [0.05, 0.1) is 4.90 Å². The quantitative estimate of drug-likeness (QED) is 0.859. The average molecular weight is 299 g/mol. The van der Waals surface area contributed by atoms with Crippen molar-refractivity contribution in [1.82, 2.24) is 4.31 Å². The van der Waals surface area contributed by atoms with E-state index in [0.29, 0.717) is 30.1 Å². The normalized spacial score (nSPS) is 21.1. The fourth-order valence-electron chi connectivity index (χ4n) is 3.01. The lowest BCUT2D eigenvalue weighted by molar-refractivity contribution is 0.261. The molecule has 0 N–H and O–H groups in total. The maximum Gasteiger partial charge on any atom is 0.243 e. The number of hydrogen-bond acceptors (Lipinski definition) is 2. The van der Waals surface area contributed by atoms with E-state index in [1.165, 1.54) is 12.1 Å². The number of aryl methyl sites for hydroxylation is 2. The molecule has 0 saturated carbocycles. The van der Waals surface area contributed by atoms with Crippen molar-refractivity contribution in [3.63, 3.8) is 0 Å². The molecule has 0 aromatic heterocycles. The van der Waals surface area contributed by atoms with Gasteiger partial charge in [-0.2, -0.15) is 4.31 Å². The molecule has 0 radical (unpaired) electrons. The minimum atomic E-state index is -3.52. The highest BCUT2D eigenvalue weighted by Gasteiger charge is 2.31. The first-order chi connectivity index (χ1) is 9.36. The van der Waals surface area contributed by atoms with Crippen molar-refractivity contribution in [3.05, 3.63) is 29.1 Å². The van der Waals surface area contributed by atoms with E-state index in [-0.39, 0.29) is 10.7 Å². The third-order valence-corrected chi connectivity index (χ3v) is 6.25. The van der Waals surface area contributed by atoms with Crippen molar-refractivity contribution in [2.24, 2.45) is 5.92 Å². The number of sulfonamides is 1. The van der Waals surface area contributed by atoms with Crippen LogP contribution < -0.4 is 0 Å². The molecule has 0 amide bonds. The average Bonchev–Trinajstić information content (AvgIpc) is 2.37. The number of hydrogen-bond donors (Lipinski definition) is 0. The second-order valence-corrected chi connectivity index (χ2v) is 7.52. The van der Waals surface area contributed by atoms with Crippen LogP contribution in [0.25, 0.3) is 0 Å². The molecule has 2 rings (SSSR count). The molecule has 5 heteroatoms. The van der Waals surface area contributed by atoms with Gasteiger partial charge in [-0.25, -0.2) is 12.8 Å². The lowest BCUT2D eigenvalue weighted by Gasteiger charge is -2.32. The molecule has 0 spiro atoms. The molecule has 1 aromatic carbocycles. The Labute approximate surface area is 120 Å². The van der Waals surface area contributed by atoms with Gasteiger partial charge >= 0.3 is 0 Å². The molecule has 1 fully saturated rings. The molecule has 112 valence electrons. The van der Waals surface area contributed by atoms with Gasteiger partial charge in [0.15, 0.2) is 0 Å². The molecule has 1 aliphatic rings. The Bertz CT molecular complexity index is 575. The third-order valence-electron chi connectivity index (χ3n) is 4.08. The largest absolute Gasteiger partial charge is 0.243 e. The van der Waals surface area contributed by atoms with Gasteiger partial charge in [-0.15, -0.1) is 0 Å². The second-order valence-electron chi connectivity index (χ2n) is 5.65. The molecular weight excluding hydrogens is 277 g/mol. The van der Waals surface area contributed by atoms with E-state index in [1.54, 1.807) is 18.2 Å². The molecule has 1 saturated heterocycles. The SMILES string of the molecule is CCC1CCCN(S(=O)(=O)c2c(C)cc(F)cc2C)C1. The monoisotopic (exact) mass is 299 g/mol. The summed E-state index contributed by atoms with van der Waals surface area (Å²) < 4.78 is 40.5. The second kappa shape index (κ2) is 5.82. The highest BCUT2D eigenvalue weighted by Crippen LogP contribution is 2.29. The van der Waals surface area contributed by atoms with E-state index in [1.807, 2.05) is 0 Å². The van der Waals surface area contributed by atoms with Gasteiger partial charge in [0.2, 0.25) is 10.0 Å². The third kappa shape index (κ3) is 2.88. The van der Waals surface area contributed by atoms with E-state index >= 15 is 0 Å². The highest BCUT2D eigenvalue weighted by molar-refractivity contribution is 7.89. The minimum Gasteiger partial charge on any atom is -0.207 e. The lowest BCUT2D eigenvalue weighted by atomic mass is 9.97. The van der Waals surface area contributed by atoms with Crippen LogP contribution in [0, 0.1) is 25.6 Å². The number of benzene rings is 1. The molecule has 3 nitrogen and oxygen atoms in total. The van der Waals surface area contributed by atoms with Crippen LogP contribution in [0.3, 0.4) is 0 Å². The molecular formula is C15H22FNO2S. The molecule has 1 aromatic rings. The molecule has 0 bridgehead atoms. The number of rotatable bonds is 3. The summed E-state index contributed by atoms with van der Waals surface area (Å²) >= 11 is 0. The maximum atomic E-state index is 13.3. The van der Waals surface area contributed by atoms with Crippen LogP contribution >= 0.6 is 0 Å². The molecule has 1 heterocycles. The van der Waals surface area contributed by atoms with Gasteiger partial charge in [-0.05, 0) is 55.9 Å². The molecule has 1 aliphatic heterocycles.